The van der Waals surface area contributed by atoms with Crippen molar-refractivity contribution >= 4 is 22.5 Å². The van der Waals surface area contributed by atoms with E-state index in [4.69, 9.17) is 11.2 Å². The van der Waals surface area contributed by atoms with Gasteiger partial charge in [0.2, 0.25) is 0 Å². The molecule has 0 radical (unpaired) electrons. The van der Waals surface area contributed by atoms with Gasteiger partial charge < -0.3 is 15.4 Å². The SMILES string of the molecule is C#CCOc1ccc(NC(=O)N[C@H]2CCC[C@@H]([S@](=O)CC)C2)cc1. The Labute approximate surface area is 146 Å². The predicted molar refractivity (Wildman–Crippen MR) is 97.7 cm³/mol. The van der Waals surface area contributed by atoms with E-state index in [0.717, 1.165) is 25.7 Å². The number of rotatable bonds is 6. The second-order valence-corrected chi connectivity index (χ2v) is 7.78. The van der Waals surface area contributed by atoms with Crippen molar-refractivity contribution in [2.24, 2.45) is 0 Å². The first kappa shape index (κ1) is 18.3. The van der Waals surface area contributed by atoms with Gasteiger partial charge in [-0.05, 0) is 43.5 Å². The number of benzene rings is 1. The average Bonchev–Trinajstić information content (AvgIpc) is 2.60. The number of terminal acetylenes is 1. The van der Waals surface area contributed by atoms with Gasteiger partial charge in [-0.2, -0.15) is 0 Å². The van der Waals surface area contributed by atoms with Crippen LogP contribution >= 0.6 is 0 Å². The number of urea groups is 1. The van der Waals surface area contributed by atoms with Crippen molar-refractivity contribution < 1.29 is 13.7 Å². The van der Waals surface area contributed by atoms with E-state index in [9.17, 15) is 9.00 Å². The third-order valence-electron chi connectivity index (χ3n) is 4.05. The van der Waals surface area contributed by atoms with Gasteiger partial charge in [-0.1, -0.05) is 19.3 Å². The van der Waals surface area contributed by atoms with Crippen LogP contribution in [0, 0.1) is 12.3 Å². The Kier molecular flexibility index (Phi) is 7.13. The molecule has 0 aliphatic heterocycles. The Morgan fingerprint density at radius 2 is 2.12 bits per heavy atom. The lowest BCUT2D eigenvalue weighted by molar-refractivity contribution is 0.244. The first-order chi connectivity index (χ1) is 11.6. The standard InChI is InChI=1S/C18H24N2O3S/c1-3-12-23-16-10-8-14(9-11-16)19-18(21)20-15-6-5-7-17(13-15)24(22)4-2/h1,8-11,15,17H,4-7,12-13H2,2H3,(H2,19,20,21)/t15-,17+,24+/m0/s1. The molecule has 0 saturated heterocycles. The van der Waals surface area contributed by atoms with Gasteiger partial charge in [0, 0.05) is 33.5 Å². The van der Waals surface area contributed by atoms with E-state index in [1.165, 1.54) is 0 Å². The summed E-state index contributed by atoms with van der Waals surface area (Å²) in [4.78, 5) is 12.1. The summed E-state index contributed by atoms with van der Waals surface area (Å²) in [7, 11) is -0.792. The van der Waals surface area contributed by atoms with E-state index in [1.807, 2.05) is 6.92 Å². The van der Waals surface area contributed by atoms with Crippen LogP contribution in [-0.4, -0.2) is 33.9 Å². The van der Waals surface area contributed by atoms with Gasteiger partial charge in [0.1, 0.15) is 12.4 Å². The van der Waals surface area contributed by atoms with Crippen LogP contribution in [0.3, 0.4) is 0 Å². The highest BCUT2D eigenvalue weighted by molar-refractivity contribution is 7.85. The van der Waals surface area contributed by atoms with Gasteiger partial charge in [0.15, 0.2) is 0 Å². The molecule has 6 heteroatoms. The number of nitrogens with one attached hydrogen (secondary N) is 2. The number of anilines is 1. The smallest absolute Gasteiger partial charge is 0.319 e. The minimum atomic E-state index is -0.792. The molecule has 2 N–H and O–H groups in total. The maximum absolute atomic E-state index is 12.1. The summed E-state index contributed by atoms with van der Waals surface area (Å²) < 4.78 is 17.2. The molecule has 3 atom stereocenters. The van der Waals surface area contributed by atoms with E-state index in [-0.39, 0.29) is 23.9 Å². The first-order valence-electron chi connectivity index (χ1n) is 8.23. The van der Waals surface area contributed by atoms with Crippen molar-refractivity contribution in [3.8, 4) is 18.1 Å². The molecule has 1 aromatic carbocycles. The molecule has 1 saturated carbocycles. The maximum Gasteiger partial charge on any atom is 0.319 e. The molecule has 1 fully saturated rings. The van der Waals surface area contributed by atoms with Gasteiger partial charge in [0.25, 0.3) is 0 Å². The maximum atomic E-state index is 12.1. The monoisotopic (exact) mass is 348 g/mol. The lowest BCUT2D eigenvalue weighted by atomic mass is 9.95. The molecule has 0 aromatic heterocycles. The Morgan fingerprint density at radius 1 is 1.38 bits per heavy atom. The molecule has 5 nitrogen and oxygen atoms in total. The normalized spacial score (nSPS) is 21.3. The Hall–Kier alpha value is -2.00. The number of carbonyl (C=O) groups is 1. The lowest BCUT2D eigenvalue weighted by Gasteiger charge is -2.29. The minimum Gasteiger partial charge on any atom is -0.481 e. The van der Waals surface area contributed by atoms with Crippen molar-refractivity contribution in [2.75, 3.05) is 17.7 Å². The molecule has 130 valence electrons. The third kappa shape index (κ3) is 5.57. The number of hydrogen-bond acceptors (Lipinski definition) is 3. The Morgan fingerprint density at radius 3 is 2.79 bits per heavy atom. The zero-order valence-corrected chi connectivity index (χ0v) is 14.7. The van der Waals surface area contributed by atoms with Crippen LogP contribution in [-0.2, 0) is 10.8 Å². The zero-order valence-electron chi connectivity index (χ0n) is 13.9. The van der Waals surface area contributed by atoms with Crippen LogP contribution in [0.4, 0.5) is 10.5 Å². The second-order valence-electron chi connectivity index (χ2n) is 5.77. The molecule has 0 unspecified atom stereocenters. The molecule has 1 aliphatic rings. The number of ether oxygens (including phenoxy) is 1. The molecule has 1 aromatic rings. The topological polar surface area (TPSA) is 67.4 Å². The van der Waals surface area contributed by atoms with E-state index in [0.29, 0.717) is 17.2 Å². The summed E-state index contributed by atoms with van der Waals surface area (Å²) in [5, 5.41) is 5.99. The Balaban J connectivity index is 1.82. The number of hydrogen-bond donors (Lipinski definition) is 2. The van der Waals surface area contributed by atoms with Gasteiger partial charge in [-0.15, -0.1) is 6.42 Å². The summed E-state index contributed by atoms with van der Waals surface area (Å²) >= 11 is 0. The van der Waals surface area contributed by atoms with Crippen LogP contribution in [0.2, 0.25) is 0 Å². The summed E-state index contributed by atoms with van der Waals surface area (Å²) in [6.07, 6.45) is 8.85. The van der Waals surface area contributed by atoms with Crippen molar-refractivity contribution in [1.29, 1.82) is 0 Å². The van der Waals surface area contributed by atoms with Crippen molar-refractivity contribution in [3.05, 3.63) is 24.3 Å². The lowest BCUT2D eigenvalue weighted by Crippen LogP contribution is -2.42. The molecule has 0 bridgehead atoms. The summed E-state index contributed by atoms with van der Waals surface area (Å²) in [6, 6.07) is 6.89. The highest BCUT2D eigenvalue weighted by Gasteiger charge is 2.26. The van der Waals surface area contributed by atoms with Crippen LogP contribution < -0.4 is 15.4 Å². The molecular weight excluding hydrogens is 324 g/mol. The van der Waals surface area contributed by atoms with Crippen molar-refractivity contribution in [2.45, 2.75) is 43.9 Å². The molecule has 2 rings (SSSR count). The van der Waals surface area contributed by atoms with Gasteiger partial charge in [-0.25, -0.2) is 4.79 Å². The van der Waals surface area contributed by atoms with E-state index in [1.54, 1.807) is 24.3 Å². The fourth-order valence-corrected chi connectivity index (χ4v) is 4.21. The van der Waals surface area contributed by atoms with Crippen LogP contribution in [0.5, 0.6) is 5.75 Å². The number of carbonyl (C=O) groups excluding carboxylic acids is 1. The van der Waals surface area contributed by atoms with Crippen LogP contribution in [0.1, 0.15) is 32.6 Å². The fraction of sp³-hybridized carbons (Fsp3) is 0.500. The molecule has 1 aliphatic carbocycles. The quantitative estimate of drug-likeness (QED) is 0.777. The molecular formula is C18H24N2O3S. The zero-order chi connectivity index (χ0) is 17.4. The second kappa shape index (κ2) is 9.33. The number of amides is 2. The van der Waals surface area contributed by atoms with Gasteiger partial charge in [0.05, 0.1) is 0 Å². The largest absolute Gasteiger partial charge is 0.481 e. The molecule has 2 amide bonds. The van der Waals surface area contributed by atoms with E-state index < -0.39 is 10.8 Å². The average molecular weight is 348 g/mol. The minimum absolute atomic E-state index is 0.0810. The third-order valence-corrected chi connectivity index (χ3v) is 5.79. The predicted octanol–water partition coefficient (Wildman–Crippen LogP) is 2.90. The summed E-state index contributed by atoms with van der Waals surface area (Å²) in [5.41, 5.74) is 0.685. The fourth-order valence-electron chi connectivity index (χ4n) is 2.86. The van der Waals surface area contributed by atoms with Crippen LogP contribution in [0.15, 0.2) is 24.3 Å². The molecule has 24 heavy (non-hydrogen) atoms. The van der Waals surface area contributed by atoms with E-state index in [2.05, 4.69) is 16.6 Å². The summed E-state index contributed by atoms with van der Waals surface area (Å²) in [6.45, 7) is 2.16. The summed E-state index contributed by atoms with van der Waals surface area (Å²) in [5.74, 6) is 3.74. The molecule has 0 spiro atoms. The highest BCUT2D eigenvalue weighted by Crippen LogP contribution is 2.23. The van der Waals surface area contributed by atoms with Gasteiger partial charge >= 0.3 is 6.03 Å². The van der Waals surface area contributed by atoms with Crippen molar-refractivity contribution in [3.63, 3.8) is 0 Å². The molecule has 0 heterocycles. The van der Waals surface area contributed by atoms with Crippen molar-refractivity contribution in [1.82, 2.24) is 5.32 Å². The van der Waals surface area contributed by atoms with E-state index >= 15 is 0 Å². The van der Waals surface area contributed by atoms with Crippen LogP contribution in [0.25, 0.3) is 0 Å². The highest BCUT2D eigenvalue weighted by atomic mass is 32.2. The first-order valence-corrected chi connectivity index (χ1v) is 9.61. The van der Waals surface area contributed by atoms with Gasteiger partial charge in [-0.3, -0.25) is 4.21 Å². The Bertz CT molecular complexity index is 610.